The third-order valence-corrected chi connectivity index (χ3v) is 10.0. The van der Waals surface area contributed by atoms with E-state index in [1.165, 1.54) is 161 Å². The fraction of sp³-hybridized carbons (Fsp3) is 0.886. The molecular weight excluding hydrogens is 606 g/mol. The van der Waals surface area contributed by atoms with Gasteiger partial charge in [-0.1, -0.05) is 179 Å². The molecule has 290 valence electrons. The first kappa shape index (κ1) is 47.8. The molecule has 0 fully saturated rings. The van der Waals surface area contributed by atoms with Crippen LogP contribution in [0.2, 0.25) is 0 Å². The average Bonchev–Trinajstić information content (AvgIpc) is 3.10. The summed E-state index contributed by atoms with van der Waals surface area (Å²) in [5, 5.41) is 33.4. The Labute approximate surface area is 305 Å². The van der Waals surface area contributed by atoms with Crippen molar-refractivity contribution in [3.63, 3.8) is 0 Å². The highest BCUT2D eigenvalue weighted by atomic mass is 16.3. The summed E-state index contributed by atoms with van der Waals surface area (Å²) in [6, 6.07) is -0.825. The van der Waals surface area contributed by atoms with Crippen molar-refractivity contribution in [2.45, 2.75) is 244 Å². The van der Waals surface area contributed by atoms with Crippen molar-refractivity contribution in [1.82, 2.24) is 5.32 Å². The lowest BCUT2D eigenvalue weighted by atomic mass is 10.0. The standard InChI is InChI=1S/C44H85NO4/c1-3-5-7-9-11-13-15-17-18-19-20-21-22-23-24-25-26-27-29-31-33-35-37-39-43(48)45-41(40-46)44(49)42(47)38-36-34-32-30-28-16-14-12-10-8-6-4-2/h23-24,30,32,41-42,44,46-47,49H,3-22,25-29,31,33-40H2,1-2H3,(H,45,48)/b24-23-,32-30+. The van der Waals surface area contributed by atoms with Crippen LogP contribution < -0.4 is 5.32 Å². The first-order valence-corrected chi connectivity index (χ1v) is 21.6. The normalized spacial score (nSPS) is 13.8. The zero-order valence-electron chi connectivity index (χ0n) is 32.8. The largest absolute Gasteiger partial charge is 0.394 e. The molecule has 0 aliphatic carbocycles. The van der Waals surface area contributed by atoms with E-state index in [-0.39, 0.29) is 12.5 Å². The van der Waals surface area contributed by atoms with Crippen LogP contribution in [0.1, 0.15) is 226 Å². The summed E-state index contributed by atoms with van der Waals surface area (Å²) >= 11 is 0. The van der Waals surface area contributed by atoms with Gasteiger partial charge in [0.25, 0.3) is 0 Å². The van der Waals surface area contributed by atoms with E-state index >= 15 is 0 Å². The SMILES string of the molecule is CCCCCCCCC/C=C/CCCC(O)C(O)C(CO)NC(=O)CCCCCCCCC/C=C\CCCCCCCCCCCCCC. The predicted octanol–water partition coefficient (Wildman–Crippen LogP) is 12.2. The van der Waals surface area contributed by atoms with Gasteiger partial charge in [0.2, 0.25) is 5.91 Å². The van der Waals surface area contributed by atoms with Gasteiger partial charge in [0, 0.05) is 6.42 Å². The average molecular weight is 692 g/mol. The van der Waals surface area contributed by atoms with Gasteiger partial charge in [-0.3, -0.25) is 4.79 Å². The number of allylic oxidation sites excluding steroid dienone is 4. The van der Waals surface area contributed by atoms with E-state index in [1.54, 1.807) is 0 Å². The van der Waals surface area contributed by atoms with E-state index < -0.39 is 18.2 Å². The van der Waals surface area contributed by atoms with Gasteiger partial charge in [0.15, 0.2) is 0 Å². The number of unbranched alkanes of at least 4 members (excludes halogenated alkanes) is 27. The Bertz CT molecular complexity index is 724. The maximum Gasteiger partial charge on any atom is 0.220 e. The van der Waals surface area contributed by atoms with Crippen LogP contribution in [0.15, 0.2) is 24.3 Å². The molecule has 3 unspecified atom stereocenters. The molecule has 4 N–H and O–H groups in total. The van der Waals surface area contributed by atoms with Gasteiger partial charge in [-0.2, -0.15) is 0 Å². The Kier molecular flexibility index (Phi) is 38.7. The van der Waals surface area contributed by atoms with Crippen molar-refractivity contribution in [3.05, 3.63) is 24.3 Å². The van der Waals surface area contributed by atoms with Crippen LogP contribution in [-0.2, 0) is 4.79 Å². The highest BCUT2D eigenvalue weighted by Crippen LogP contribution is 2.15. The molecule has 5 heteroatoms. The van der Waals surface area contributed by atoms with Gasteiger partial charge in [-0.15, -0.1) is 0 Å². The molecule has 0 spiro atoms. The third-order valence-electron chi connectivity index (χ3n) is 10.0. The number of hydrogen-bond acceptors (Lipinski definition) is 4. The maximum atomic E-state index is 12.4. The van der Waals surface area contributed by atoms with E-state index in [0.29, 0.717) is 12.8 Å². The molecule has 0 heterocycles. The molecule has 0 radical (unpaired) electrons. The summed E-state index contributed by atoms with van der Waals surface area (Å²) < 4.78 is 0. The van der Waals surface area contributed by atoms with Crippen molar-refractivity contribution in [2.24, 2.45) is 0 Å². The van der Waals surface area contributed by atoms with Crippen molar-refractivity contribution in [3.8, 4) is 0 Å². The minimum Gasteiger partial charge on any atom is -0.394 e. The number of amides is 1. The quantitative estimate of drug-likeness (QED) is 0.0381. The molecule has 0 aromatic heterocycles. The van der Waals surface area contributed by atoms with Crippen LogP contribution in [0.5, 0.6) is 0 Å². The summed E-state index contributed by atoms with van der Waals surface area (Å²) in [4.78, 5) is 12.4. The number of carbonyl (C=O) groups excluding carboxylic acids is 1. The molecule has 3 atom stereocenters. The molecule has 5 nitrogen and oxygen atoms in total. The first-order chi connectivity index (χ1) is 24.1. The Morgan fingerprint density at radius 2 is 0.816 bits per heavy atom. The summed E-state index contributed by atoms with van der Waals surface area (Å²) in [5.74, 6) is -0.158. The van der Waals surface area contributed by atoms with Crippen molar-refractivity contribution in [1.29, 1.82) is 0 Å². The lowest BCUT2D eigenvalue weighted by Gasteiger charge is -2.26. The fourth-order valence-electron chi connectivity index (χ4n) is 6.63. The van der Waals surface area contributed by atoms with Crippen LogP contribution >= 0.6 is 0 Å². The highest BCUT2D eigenvalue weighted by Gasteiger charge is 2.26. The molecule has 1 amide bonds. The van der Waals surface area contributed by atoms with E-state index in [9.17, 15) is 20.1 Å². The number of carbonyl (C=O) groups is 1. The maximum absolute atomic E-state index is 12.4. The van der Waals surface area contributed by atoms with Gasteiger partial charge < -0.3 is 20.6 Å². The molecule has 0 saturated heterocycles. The predicted molar refractivity (Wildman–Crippen MR) is 213 cm³/mol. The number of hydrogen-bond donors (Lipinski definition) is 4. The van der Waals surface area contributed by atoms with Crippen LogP contribution in [0.25, 0.3) is 0 Å². The second-order valence-electron chi connectivity index (χ2n) is 14.9. The van der Waals surface area contributed by atoms with E-state index in [2.05, 4.69) is 43.5 Å². The Morgan fingerprint density at radius 1 is 0.490 bits per heavy atom. The number of rotatable bonds is 39. The van der Waals surface area contributed by atoms with Crippen molar-refractivity contribution >= 4 is 5.91 Å². The molecule has 0 aliphatic rings. The monoisotopic (exact) mass is 692 g/mol. The highest BCUT2D eigenvalue weighted by molar-refractivity contribution is 5.76. The van der Waals surface area contributed by atoms with Gasteiger partial charge >= 0.3 is 0 Å². The Balaban J connectivity index is 3.62. The van der Waals surface area contributed by atoms with Gasteiger partial charge in [0.1, 0.15) is 6.10 Å². The molecular formula is C44H85NO4. The molecule has 0 aromatic carbocycles. The number of aliphatic hydroxyl groups excluding tert-OH is 3. The minimum absolute atomic E-state index is 0.158. The summed E-state index contributed by atoms with van der Waals surface area (Å²) in [7, 11) is 0. The van der Waals surface area contributed by atoms with E-state index in [1.807, 2.05) is 0 Å². The summed E-state index contributed by atoms with van der Waals surface area (Å²) in [5.41, 5.74) is 0. The molecule has 49 heavy (non-hydrogen) atoms. The van der Waals surface area contributed by atoms with Crippen LogP contribution in [0.4, 0.5) is 0 Å². The van der Waals surface area contributed by atoms with Crippen molar-refractivity contribution < 1.29 is 20.1 Å². The fourth-order valence-corrected chi connectivity index (χ4v) is 6.63. The summed E-state index contributed by atoms with van der Waals surface area (Å²) in [6.45, 7) is 4.16. The molecule has 0 bridgehead atoms. The first-order valence-electron chi connectivity index (χ1n) is 21.6. The Morgan fingerprint density at radius 3 is 1.18 bits per heavy atom. The molecule has 0 saturated carbocycles. The second-order valence-corrected chi connectivity index (χ2v) is 14.9. The van der Waals surface area contributed by atoms with Crippen LogP contribution in [0, 0.1) is 0 Å². The van der Waals surface area contributed by atoms with Crippen LogP contribution in [-0.4, -0.2) is 46.1 Å². The Hall–Kier alpha value is -1.17. The molecule has 0 rings (SSSR count). The third kappa shape index (κ3) is 35.0. The van der Waals surface area contributed by atoms with Crippen LogP contribution in [0.3, 0.4) is 0 Å². The smallest absolute Gasteiger partial charge is 0.220 e. The summed E-state index contributed by atoms with van der Waals surface area (Å²) in [6.07, 6.45) is 47.2. The van der Waals surface area contributed by atoms with Gasteiger partial charge in [-0.25, -0.2) is 0 Å². The van der Waals surface area contributed by atoms with E-state index in [4.69, 9.17) is 0 Å². The number of nitrogens with one attached hydrogen (secondary N) is 1. The lowest BCUT2D eigenvalue weighted by Crippen LogP contribution is -2.50. The van der Waals surface area contributed by atoms with Gasteiger partial charge in [-0.05, 0) is 64.2 Å². The molecule has 0 aromatic rings. The zero-order chi connectivity index (χ0) is 35.9. The lowest BCUT2D eigenvalue weighted by molar-refractivity contribution is -0.124. The van der Waals surface area contributed by atoms with E-state index in [0.717, 1.165) is 38.5 Å². The molecule has 0 aliphatic heterocycles. The number of aliphatic hydroxyl groups is 3. The zero-order valence-corrected chi connectivity index (χ0v) is 32.8. The second kappa shape index (κ2) is 39.6. The topological polar surface area (TPSA) is 89.8 Å². The van der Waals surface area contributed by atoms with Crippen molar-refractivity contribution in [2.75, 3.05) is 6.61 Å². The minimum atomic E-state index is -1.16. The van der Waals surface area contributed by atoms with Gasteiger partial charge in [0.05, 0.1) is 18.8 Å².